The van der Waals surface area contributed by atoms with Gasteiger partial charge in [0.1, 0.15) is 11.5 Å². The number of non-ortho nitro benzene ring substituents is 1. The van der Waals surface area contributed by atoms with Gasteiger partial charge in [-0.05, 0) is 54.0 Å². The maximum absolute atomic E-state index is 12.1. The van der Waals surface area contributed by atoms with Gasteiger partial charge in [0.25, 0.3) is 5.69 Å². The highest BCUT2D eigenvalue weighted by molar-refractivity contribution is 9.10. The molecule has 2 aromatic carbocycles. The Morgan fingerprint density at radius 3 is 2.57 bits per heavy atom. The summed E-state index contributed by atoms with van der Waals surface area (Å²) in [5, 5.41) is 10.7. The van der Waals surface area contributed by atoms with Crippen LogP contribution >= 0.6 is 15.9 Å². The van der Waals surface area contributed by atoms with Gasteiger partial charge in [-0.3, -0.25) is 10.1 Å². The number of esters is 1. The summed E-state index contributed by atoms with van der Waals surface area (Å²) in [6.45, 7) is 3.80. The number of hydrogen-bond donors (Lipinski definition) is 0. The molecule has 23 heavy (non-hydrogen) atoms. The Kier molecular flexibility index (Phi) is 5.33. The van der Waals surface area contributed by atoms with Crippen molar-refractivity contribution in [1.82, 2.24) is 0 Å². The van der Waals surface area contributed by atoms with Crippen LogP contribution in [-0.2, 0) is 0 Å². The van der Waals surface area contributed by atoms with Crippen LogP contribution in [-0.4, -0.2) is 17.0 Å². The van der Waals surface area contributed by atoms with Crippen LogP contribution in [0.2, 0.25) is 0 Å². The number of nitro benzene ring substituents is 1. The lowest BCUT2D eigenvalue weighted by molar-refractivity contribution is -0.384. The van der Waals surface area contributed by atoms with Crippen LogP contribution in [0.25, 0.3) is 0 Å². The molecule has 0 radical (unpaired) electrons. The lowest BCUT2D eigenvalue weighted by atomic mass is 10.2. The molecule has 7 heteroatoms. The smallest absolute Gasteiger partial charge is 0.343 e. The van der Waals surface area contributed by atoms with Crippen molar-refractivity contribution in [3.8, 4) is 11.5 Å². The molecule has 0 aliphatic heterocycles. The molecule has 0 aromatic heterocycles. The van der Waals surface area contributed by atoms with Crippen molar-refractivity contribution in [2.45, 2.75) is 20.0 Å². The molecule has 2 rings (SSSR count). The van der Waals surface area contributed by atoms with Gasteiger partial charge in [-0.1, -0.05) is 6.07 Å². The third-order valence-electron chi connectivity index (χ3n) is 2.77. The average molecular weight is 380 g/mol. The predicted octanol–water partition coefficient (Wildman–Crippen LogP) is 4.36. The molecule has 2 aromatic rings. The number of rotatable bonds is 5. The van der Waals surface area contributed by atoms with Crippen LogP contribution in [0.15, 0.2) is 46.9 Å². The molecule has 0 aliphatic carbocycles. The van der Waals surface area contributed by atoms with Gasteiger partial charge in [0, 0.05) is 6.07 Å². The zero-order valence-corrected chi connectivity index (χ0v) is 14.1. The highest BCUT2D eigenvalue weighted by atomic mass is 79.9. The topological polar surface area (TPSA) is 78.7 Å². The molecule has 120 valence electrons. The molecule has 0 heterocycles. The van der Waals surface area contributed by atoms with E-state index in [-0.39, 0.29) is 17.5 Å². The first-order chi connectivity index (χ1) is 10.9. The molecule has 0 atom stereocenters. The lowest BCUT2D eigenvalue weighted by Crippen LogP contribution is -2.10. The quantitative estimate of drug-likeness (QED) is 0.333. The molecule has 0 unspecified atom stereocenters. The monoisotopic (exact) mass is 379 g/mol. The number of benzene rings is 2. The summed E-state index contributed by atoms with van der Waals surface area (Å²) < 4.78 is 11.4. The van der Waals surface area contributed by atoms with E-state index in [1.54, 1.807) is 18.2 Å². The molecule has 0 saturated heterocycles. The van der Waals surface area contributed by atoms with E-state index in [1.165, 1.54) is 24.3 Å². The second-order valence-corrected chi connectivity index (χ2v) is 5.81. The van der Waals surface area contributed by atoms with Crippen molar-refractivity contribution >= 4 is 27.6 Å². The summed E-state index contributed by atoms with van der Waals surface area (Å²) in [4.78, 5) is 22.3. The molecule has 0 spiro atoms. The Morgan fingerprint density at radius 2 is 1.96 bits per heavy atom. The number of carbonyl (C=O) groups is 1. The number of hydrogen-bond acceptors (Lipinski definition) is 5. The average Bonchev–Trinajstić information content (AvgIpc) is 2.49. The minimum Gasteiger partial charge on any atom is -0.490 e. The van der Waals surface area contributed by atoms with Crippen LogP contribution in [0, 0.1) is 10.1 Å². The highest BCUT2D eigenvalue weighted by Gasteiger charge is 2.14. The summed E-state index contributed by atoms with van der Waals surface area (Å²) >= 11 is 3.34. The predicted molar refractivity (Wildman–Crippen MR) is 88.0 cm³/mol. The fourth-order valence-corrected chi connectivity index (χ4v) is 2.28. The van der Waals surface area contributed by atoms with Crippen LogP contribution in [0.3, 0.4) is 0 Å². The van der Waals surface area contributed by atoms with Gasteiger partial charge in [0.15, 0.2) is 0 Å². The maximum atomic E-state index is 12.1. The first-order valence-electron chi connectivity index (χ1n) is 6.79. The molecule has 0 saturated carbocycles. The van der Waals surface area contributed by atoms with Crippen molar-refractivity contribution < 1.29 is 19.2 Å². The van der Waals surface area contributed by atoms with E-state index in [2.05, 4.69) is 15.9 Å². The molecular weight excluding hydrogens is 366 g/mol. The summed E-state index contributed by atoms with van der Waals surface area (Å²) in [7, 11) is 0. The van der Waals surface area contributed by atoms with Gasteiger partial charge in [-0.15, -0.1) is 0 Å². The number of halogens is 1. The van der Waals surface area contributed by atoms with Gasteiger partial charge < -0.3 is 9.47 Å². The van der Waals surface area contributed by atoms with E-state index < -0.39 is 10.9 Å². The minimum absolute atomic E-state index is 0.00831. The fraction of sp³-hybridized carbons (Fsp3) is 0.188. The summed E-state index contributed by atoms with van der Waals surface area (Å²) in [6.07, 6.45) is 0.00831. The van der Waals surface area contributed by atoms with Crippen LogP contribution in [0.1, 0.15) is 24.2 Å². The van der Waals surface area contributed by atoms with E-state index in [4.69, 9.17) is 9.47 Å². The highest BCUT2D eigenvalue weighted by Crippen LogP contribution is 2.28. The Hall–Kier alpha value is -2.41. The van der Waals surface area contributed by atoms with E-state index >= 15 is 0 Å². The molecule has 0 N–H and O–H groups in total. The SMILES string of the molecule is CC(C)Oc1ccc(C(=O)Oc2cccc([N+](=O)[O-])c2)cc1Br. The summed E-state index contributed by atoms with van der Waals surface area (Å²) in [5.41, 5.74) is 0.164. The molecule has 6 nitrogen and oxygen atoms in total. The van der Waals surface area contributed by atoms with Crippen LogP contribution in [0.4, 0.5) is 5.69 Å². The van der Waals surface area contributed by atoms with Crippen LogP contribution in [0.5, 0.6) is 11.5 Å². The van der Waals surface area contributed by atoms with Crippen molar-refractivity contribution in [3.05, 3.63) is 62.6 Å². The Balaban J connectivity index is 2.16. The summed E-state index contributed by atoms with van der Waals surface area (Å²) in [5.74, 6) is 0.122. The number of carbonyl (C=O) groups excluding carboxylic acids is 1. The van der Waals surface area contributed by atoms with Crippen LogP contribution < -0.4 is 9.47 Å². The number of nitro groups is 1. The van der Waals surface area contributed by atoms with Gasteiger partial charge in [0.2, 0.25) is 0 Å². The first-order valence-corrected chi connectivity index (χ1v) is 7.59. The van der Waals surface area contributed by atoms with E-state index in [9.17, 15) is 14.9 Å². The van der Waals surface area contributed by atoms with Gasteiger partial charge in [-0.25, -0.2) is 4.79 Å². The zero-order valence-electron chi connectivity index (χ0n) is 12.5. The Morgan fingerprint density at radius 1 is 1.22 bits per heavy atom. The van der Waals surface area contributed by atoms with Gasteiger partial charge >= 0.3 is 5.97 Å². The molecule has 0 bridgehead atoms. The van der Waals surface area contributed by atoms with Gasteiger partial charge in [0.05, 0.1) is 27.1 Å². The Bertz CT molecular complexity index is 745. The normalized spacial score (nSPS) is 10.4. The third kappa shape index (κ3) is 4.53. The van der Waals surface area contributed by atoms with Gasteiger partial charge in [-0.2, -0.15) is 0 Å². The fourth-order valence-electron chi connectivity index (χ4n) is 1.80. The first kappa shape index (κ1) is 17.0. The number of ether oxygens (including phenoxy) is 2. The molecule has 0 amide bonds. The number of nitrogens with zero attached hydrogens (tertiary/aromatic N) is 1. The molecular formula is C16H14BrNO5. The molecule has 0 aliphatic rings. The minimum atomic E-state index is -0.609. The lowest BCUT2D eigenvalue weighted by Gasteiger charge is -2.12. The van der Waals surface area contributed by atoms with E-state index in [1.807, 2.05) is 13.8 Å². The zero-order chi connectivity index (χ0) is 17.0. The van der Waals surface area contributed by atoms with Crippen molar-refractivity contribution in [3.63, 3.8) is 0 Å². The Labute approximate surface area is 141 Å². The van der Waals surface area contributed by atoms with E-state index in [0.29, 0.717) is 15.8 Å². The van der Waals surface area contributed by atoms with Crippen molar-refractivity contribution in [1.29, 1.82) is 0 Å². The standard InChI is InChI=1S/C16H14BrNO5/c1-10(2)22-15-7-6-11(8-14(15)17)16(19)23-13-5-3-4-12(9-13)18(20)21/h3-10H,1-2H3. The third-order valence-corrected chi connectivity index (χ3v) is 3.39. The largest absolute Gasteiger partial charge is 0.490 e. The van der Waals surface area contributed by atoms with E-state index in [0.717, 1.165) is 0 Å². The molecule has 0 fully saturated rings. The van der Waals surface area contributed by atoms with Crippen molar-refractivity contribution in [2.75, 3.05) is 0 Å². The summed E-state index contributed by atoms with van der Waals surface area (Å²) in [6, 6.07) is 10.3. The second-order valence-electron chi connectivity index (χ2n) is 4.96. The second kappa shape index (κ2) is 7.23. The maximum Gasteiger partial charge on any atom is 0.343 e. The van der Waals surface area contributed by atoms with Crippen molar-refractivity contribution in [2.24, 2.45) is 0 Å².